The summed E-state index contributed by atoms with van der Waals surface area (Å²) >= 11 is 0. The minimum atomic E-state index is 0.521. The van der Waals surface area contributed by atoms with Gasteiger partial charge in [0.05, 0.1) is 12.2 Å². The summed E-state index contributed by atoms with van der Waals surface area (Å²) in [5, 5.41) is 7.22. The van der Waals surface area contributed by atoms with Crippen molar-refractivity contribution in [1.82, 2.24) is 15.4 Å². The van der Waals surface area contributed by atoms with E-state index in [1.54, 1.807) is 0 Å². The first-order chi connectivity index (χ1) is 7.13. The van der Waals surface area contributed by atoms with Crippen molar-refractivity contribution < 1.29 is 4.52 Å². The molecule has 0 aliphatic rings. The van der Waals surface area contributed by atoms with Gasteiger partial charge in [0.15, 0.2) is 5.76 Å². The fourth-order valence-electron chi connectivity index (χ4n) is 1.20. The summed E-state index contributed by atoms with van der Waals surface area (Å²) < 4.78 is 5.25. The lowest BCUT2D eigenvalue weighted by atomic mass is 10.3. The van der Waals surface area contributed by atoms with E-state index >= 15 is 0 Å². The number of aromatic nitrogens is 1. The molecular formula is C11H21N3O. The summed E-state index contributed by atoms with van der Waals surface area (Å²) in [5.74, 6) is 0.930. The lowest BCUT2D eigenvalue weighted by molar-refractivity contribution is 0.230. The number of nitrogens with zero attached hydrogens (tertiary/aromatic N) is 2. The first kappa shape index (κ1) is 12.2. The van der Waals surface area contributed by atoms with Gasteiger partial charge in [-0.3, -0.25) is 4.90 Å². The molecular weight excluding hydrogens is 190 g/mol. The highest BCUT2D eigenvalue weighted by molar-refractivity contribution is 5.05. The third-order valence-electron chi connectivity index (χ3n) is 2.45. The highest BCUT2D eigenvalue weighted by atomic mass is 16.5. The molecule has 0 bridgehead atoms. The third kappa shape index (κ3) is 4.01. The van der Waals surface area contributed by atoms with Crippen LogP contribution in [0.25, 0.3) is 0 Å². The quantitative estimate of drug-likeness (QED) is 0.776. The van der Waals surface area contributed by atoms with E-state index in [1.807, 2.05) is 6.07 Å². The molecule has 0 aliphatic carbocycles. The van der Waals surface area contributed by atoms with Gasteiger partial charge in [0.1, 0.15) is 0 Å². The molecule has 1 rings (SSSR count). The molecule has 1 aromatic rings. The van der Waals surface area contributed by atoms with Gasteiger partial charge in [0.25, 0.3) is 0 Å². The van der Waals surface area contributed by atoms with Crippen LogP contribution in [0.2, 0.25) is 0 Å². The van der Waals surface area contributed by atoms with E-state index in [2.05, 4.69) is 43.2 Å². The SMILES string of the molecule is CCNCc1cc(CN(C)C(C)C)on1. The molecule has 0 amide bonds. The molecule has 0 unspecified atom stereocenters. The molecule has 0 radical (unpaired) electrons. The third-order valence-corrected chi connectivity index (χ3v) is 2.45. The van der Waals surface area contributed by atoms with Gasteiger partial charge in [-0.15, -0.1) is 0 Å². The largest absolute Gasteiger partial charge is 0.360 e. The summed E-state index contributed by atoms with van der Waals surface area (Å²) in [6.07, 6.45) is 0. The van der Waals surface area contributed by atoms with Crippen LogP contribution in [-0.2, 0) is 13.1 Å². The average molecular weight is 211 g/mol. The highest BCUT2D eigenvalue weighted by Gasteiger charge is 2.08. The zero-order valence-electron chi connectivity index (χ0n) is 10.1. The van der Waals surface area contributed by atoms with Gasteiger partial charge in [0, 0.05) is 18.7 Å². The Labute approximate surface area is 91.6 Å². The van der Waals surface area contributed by atoms with E-state index in [-0.39, 0.29) is 0 Å². The smallest absolute Gasteiger partial charge is 0.151 e. The van der Waals surface area contributed by atoms with Crippen LogP contribution in [0.15, 0.2) is 10.6 Å². The van der Waals surface area contributed by atoms with Crippen LogP contribution in [-0.4, -0.2) is 29.7 Å². The van der Waals surface area contributed by atoms with Gasteiger partial charge in [0.2, 0.25) is 0 Å². The zero-order valence-corrected chi connectivity index (χ0v) is 10.1. The van der Waals surface area contributed by atoms with E-state index in [4.69, 9.17) is 4.52 Å². The molecule has 1 aromatic heterocycles. The van der Waals surface area contributed by atoms with E-state index < -0.39 is 0 Å². The van der Waals surface area contributed by atoms with Crippen LogP contribution in [0.3, 0.4) is 0 Å². The molecule has 0 atom stereocenters. The van der Waals surface area contributed by atoms with Crippen molar-refractivity contribution in [2.45, 2.75) is 39.9 Å². The Hall–Kier alpha value is -0.870. The van der Waals surface area contributed by atoms with Crippen molar-refractivity contribution in [3.63, 3.8) is 0 Å². The van der Waals surface area contributed by atoms with Crippen molar-refractivity contribution in [2.24, 2.45) is 0 Å². The Kier molecular flexibility index (Phi) is 4.78. The molecule has 0 aromatic carbocycles. The van der Waals surface area contributed by atoms with Crippen LogP contribution in [0, 0.1) is 0 Å². The van der Waals surface area contributed by atoms with Crippen molar-refractivity contribution in [2.75, 3.05) is 13.6 Å². The molecule has 0 fully saturated rings. The molecule has 15 heavy (non-hydrogen) atoms. The van der Waals surface area contributed by atoms with Crippen LogP contribution in [0.4, 0.5) is 0 Å². The van der Waals surface area contributed by atoms with Gasteiger partial charge >= 0.3 is 0 Å². The summed E-state index contributed by atoms with van der Waals surface area (Å²) in [5.41, 5.74) is 0.976. The van der Waals surface area contributed by atoms with Crippen molar-refractivity contribution in [1.29, 1.82) is 0 Å². The second kappa shape index (κ2) is 5.88. The van der Waals surface area contributed by atoms with Crippen molar-refractivity contribution in [3.8, 4) is 0 Å². The number of rotatable bonds is 6. The predicted octanol–water partition coefficient (Wildman–Crippen LogP) is 1.62. The van der Waals surface area contributed by atoms with Gasteiger partial charge in [-0.2, -0.15) is 0 Å². The van der Waals surface area contributed by atoms with E-state index in [1.165, 1.54) is 0 Å². The number of nitrogens with one attached hydrogen (secondary N) is 1. The van der Waals surface area contributed by atoms with Crippen LogP contribution in [0.1, 0.15) is 32.2 Å². The van der Waals surface area contributed by atoms with E-state index in [0.717, 1.165) is 31.1 Å². The van der Waals surface area contributed by atoms with Crippen molar-refractivity contribution in [3.05, 3.63) is 17.5 Å². The first-order valence-corrected chi connectivity index (χ1v) is 5.49. The molecule has 86 valence electrons. The first-order valence-electron chi connectivity index (χ1n) is 5.49. The van der Waals surface area contributed by atoms with Crippen LogP contribution >= 0.6 is 0 Å². The van der Waals surface area contributed by atoms with Gasteiger partial charge in [-0.25, -0.2) is 0 Å². The molecule has 0 saturated heterocycles. The lowest BCUT2D eigenvalue weighted by Gasteiger charge is -2.18. The Balaban J connectivity index is 2.45. The fourth-order valence-corrected chi connectivity index (χ4v) is 1.20. The van der Waals surface area contributed by atoms with Crippen molar-refractivity contribution >= 4 is 0 Å². The zero-order chi connectivity index (χ0) is 11.3. The maximum absolute atomic E-state index is 5.25. The molecule has 1 N–H and O–H groups in total. The van der Waals surface area contributed by atoms with Crippen LogP contribution in [0.5, 0.6) is 0 Å². The van der Waals surface area contributed by atoms with Gasteiger partial charge < -0.3 is 9.84 Å². The summed E-state index contributed by atoms with van der Waals surface area (Å²) in [6, 6.07) is 2.54. The standard InChI is InChI=1S/C11H21N3O/c1-5-12-7-10-6-11(15-13-10)8-14(4)9(2)3/h6,9,12H,5,7-8H2,1-4H3. The van der Waals surface area contributed by atoms with E-state index in [9.17, 15) is 0 Å². The van der Waals surface area contributed by atoms with Gasteiger partial charge in [-0.1, -0.05) is 12.1 Å². The molecule has 4 nitrogen and oxygen atoms in total. The molecule has 1 heterocycles. The van der Waals surface area contributed by atoms with Crippen LogP contribution < -0.4 is 5.32 Å². The Morgan fingerprint density at radius 3 is 2.87 bits per heavy atom. The maximum Gasteiger partial charge on any atom is 0.151 e. The normalized spacial score (nSPS) is 11.6. The van der Waals surface area contributed by atoms with Gasteiger partial charge in [-0.05, 0) is 27.4 Å². The number of hydrogen-bond donors (Lipinski definition) is 1. The minimum absolute atomic E-state index is 0.521. The Bertz CT molecular complexity index is 283. The number of hydrogen-bond acceptors (Lipinski definition) is 4. The molecule has 0 saturated carbocycles. The van der Waals surface area contributed by atoms with E-state index in [0.29, 0.717) is 6.04 Å². The fraction of sp³-hybridized carbons (Fsp3) is 0.727. The molecule has 0 aliphatic heterocycles. The summed E-state index contributed by atoms with van der Waals surface area (Å²) in [6.45, 7) is 8.95. The second-order valence-electron chi connectivity index (χ2n) is 4.07. The lowest BCUT2D eigenvalue weighted by Crippen LogP contribution is -2.25. The second-order valence-corrected chi connectivity index (χ2v) is 4.07. The predicted molar refractivity (Wildman–Crippen MR) is 60.5 cm³/mol. The average Bonchev–Trinajstić information content (AvgIpc) is 2.62. The summed E-state index contributed by atoms with van der Waals surface area (Å²) in [4.78, 5) is 2.22. The molecule has 0 spiro atoms. The highest BCUT2D eigenvalue weighted by Crippen LogP contribution is 2.08. The Morgan fingerprint density at radius 1 is 1.53 bits per heavy atom. The minimum Gasteiger partial charge on any atom is -0.360 e. The Morgan fingerprint density at radius 2 is 2.27 bits per heavy atom. The molecule has 4 heteroatoms. The monoisotopic (exact) mass is 211 g/mol. The topological polar surface area (TPSA) is 41.3 Å². The maximum atomic E-state index is 5.25. The summed E-state index contributed by atoms with van der Waals surface area (Å²) in [7, 11) is 2.08.